The number of aryl methyl sites for hydroxylation is 1. The number of aromatic nitrogens is 2. The van der Waals surface area contributed by atoms with Crippen LogP contribution in [0.15, 0.2) is 30.7 Å². The van der Waals surface area contributed by atoms with E-state index in [1.807, 2.05) is 24.7 Å². The summed E-state index contributed by atoms with van der Waals surface area (Å²) in [7, 11) is 0. The second kappa shape index (κ2) is 5.23. The first-order chi connectivity index (χ1) is 9.60. The molecule has 1 saturated heterocycles. The summed E-state index contributed by atoms with van der Waals surface area (Å²) < 4.78 is 2.20. The summed E-state index contributed by atoms with van der Waals surface area (Å²) in [5.41, 5.74) is 3.80. The topological polar surface area (TPSA) is 29.9 Å². The standard InChI is InChI=1S/C16H20ClN3/c1-12-3-4-13(17)9-14(12)20-11-19-10-15(20)16(2)5-7-18-8-6-16/h3-4,9-11,18H,5-8H2,1-2H3. The zero-order valence-corrected chi connectivity index (χ0v) is 12.7. The quantitative estimate of drug-likeness (QED) is 0.917. The van der Waals surface area contributed by atoms with Crippen molar-refractivity contribution in [3.63, 3.8) is 0 Å². The van der Waals surface area contributed by atoms with Crippen molar-refractivity contribution in [3.05, 3.63) is 47.0 Å². The number of nitrogens with one attached hydrogen (secondary N) is 1. The van der Waals surface area contributed by atoms with Gasteiger partial charge in [0.15, 0.2) is 0 Å². The van der Waals surface area contributed by atoms with Crippen molar-refractivity contribution in [2.75, 3.05) is 13.1 Å². The lowest BCUT2D eigenvalue weighted by Crippen LogP contribution is -2.38. The van der Waals surface area contributed by atoms with Crippen molar-refractivity contribution >= 4 is 11.6 Å². The number of imidazole rings is 1. The van der Waals surface area contributed by atoms with E-state index in [4.69, 9.17) is 11.6 Å². The van der Waals surface area contributed by atoms with E-state index in [1.54, 1.807) is 0 Å². The Morgan fingerprint density at radius 3 is 2.80 bits per heavy atom. The smallest absolute Gasteiger partial charge is 0.0994 e. The van der Waals surface area contributed by atoms with E-state index in [1.165, 1.54) is 11.3 Å². The number of rotatable bonds is 2. The van der Waals surface area contributed by atoms with Crippen LogP contribution in [0.4, 0.5) is 0 Å². The van der Waals surface area contributed by atoms with E-state index in [-0.39, 0.29) is 5.41 Å². The van der Waals surface area contributed by atoms with Crippen LogP contribution in [-0.2, 0) is 5.41 Å². The third kappa shape index (κ3) is 2.36. The van der Waals surface area contributed by atoms with E-state index < -0.39 is 0 Å². The van der Waals surface area contributed by atoms with Crippen molar-refractivity contribution in [2.45, 2.75) is 32.1 Å². The van der Waals surface area contributed by atoms with Crippen LogP contribution in [0.2, 0.25) is 5.02 Å². The molecule has 0 saturated carbocycles. The summed E-state index contributed by atoms with van der Waals surface area (Å²) in [5, 5.41) is 4.20. The molecular formula is C16H20ClN3. The molecule has 1 N–H and O–H groups in total. The summed E-state index contributed by atoms with van der Waals surface area (Å²) in [6, 6.07) is 6.02. The van der Waals surface area contributed by atoms with E-state index in [0.717, 1.165) is 36.6 Å². The molecule has 0 unspecified atom stereocenters. The summed E-state index contributed by atoms with van der Waals surface area (Å²) >= 11 is 6.16. The van der Waals surface area contributed by atoms with Gasteiger partial charge in [-0.15, -0.1) is 0 Å². The van der Waals surface area contributed by atoms with Gasteiger partial charge in [0.1, 0.15) is 0 Å². The maximum Gasteiger partial charge on any atom is 0.0994 e. The maximum absolute atomic E-state index is 6.16. The van der Waals surface area contributed by atoms with Crippen molar-refractivity contribution in [1.29, 1.82) is 0 Å². The van der Waals surface area contributed by atoms with E-state index in [9.17, 15) is 0 Å². The van der Waals surface area contributed by atoms with Crippen LogP contribution in [0.3, 0.4) is 0 Å². The highest BCUT2D eigenvalue weighted by atomic mass is 35.5. The number of halogens is 1. The summed E-state index contributed by atoms with van der Waals surface area (Å²) in [4.78, 5) is 4.39. The Hall–Kier alpha value is -1.32. The monoisotopic (exact) mass is 289 g/mol. The highest BCUT2D eigenvalue weighted by molar-refractivity contribution is 6.30. The number of hydrogen-bond acceptors (Lipinski definition) is 2. The molecule has 2 aromatic rings. The van der Waals surface area contributed by atoms with Crippen LogP contribution in [0, 0.1) is 6.92 Å². The number of benzene rings is 1. The van der Waals surface area contributed by atoms with Crippen LogP contribution in [-0.4, -0.2) is 22.6 Å². The third-order valence-electron chi connectivity index (χ3n) is 4.39. The molecule has 20 heavy (non-hydrogen) atoms. The van der Waals surface area contributed by atoms with Gasteiger partial charge < -0.3 is 9.88 Å². The molecule has 3 nitrogen and oxygen atoms in total. The molecule has 0 amide bonds. The minimum atomic E-state index is 0.177. The van der Waals surface area contributed by atoms with Gasteiger partial charge in [0, 0.05) is 22.3 Å². The molecule has 0 radical (unpaired) electrons. The molecule has 1 aromatic carbocycles. The molecule has 1 aromatic heterocycles. The molecule has 1 fully saturated rings. The average molecular weight is 290 g/mol. The summed E-state index contributed by atoms with van der Waals surface area (Å²) in [6.45, 7) is 6.58. The zero-order valence-electron chi connectivity index (χ0n) is 12.0. The fourth-order valence-corrected chi connectivity index (χ4v) is 3.18. The van der Waals surface area contributed by atoms with Crippen molar-refractivity contribution < 1.29 is 0 Å². The molecule has 2 heterocycles. The first-order valence-corrected chi connectivity index (χ1v) is 7.48. The van der Waals surface area contributed by atoms with Gasteiger partial charge in [-0.2, -0.15) is 0 Å². The summed E-state index contributed by atoms with van der Waals surface area (Å²) in [5.74, 6) is 0. The minimum absolute atomic E-state index is 0.177. The van der Waals surface area contributed by atoms with Crippen LogP contribution in [0.25, 0.3) is 5.69 Å². The predicted molar refractivity (Wildman–Crippen MR) is 82.8 cm³/mol. The molecule has 0 aliphatic carbocycles. The van der Waals surface area contributed by atoms with E-state index in [2.05, 4.69) is 34.8 Å². The van der Waals surface area contributed by atoms with Crippen molar-refractivity contribution in [3.8, 4) is 5.69 Å². The van der Waals surface area contributed by atoms with Gasteiger partial charge in [-0.1, -0.05) is 24.6 Å². The van der Waals surface area contributed by atoms with Crippen molar-refractivity contribution in [2.24, 2.45) is 0 Å². The largest absolute Gasteiger partial charge is 0.317 e. The molecule has 1 aliphatic heterocycles. The zero-order chi connectivity index (χ0) is 14.2. The number of nitrogens with zero attached hydrogens (tertiary/aromatic N) is 2. The molecule has 0 atom stereocenters. The summed E-state index contributed by atoms with van der Waals surface area (Å²) in [6.07, 6.45) is 6.18. The fourth-order valence-electron chi connectivity index (χ4n) is 3.01. The molecule has 0 spiro atoms. The van der Waals surface area contributed by atoms with Crippen LogP contribution in [0.5, 0.6) is 0 Å². The second-order valence-corrected chi connectivity index (χ2v) is 6.33. The van der Waals surface area contributed by atoms with Crippen LogP contribution < -0.4 is 5.32 Å². The minimum Gasteiger partial charge on any atom is -0.317 e. The first kappa shape index (κ1) is 13.7. The fraction of sp³-hybridized carbons (Fsp3) is 0.438. The van der Waals surface area contributed by atoms with Gasteiger partial charge >= 0.3 is 0 Å². The molecule has 106 valence electrons. The van der Waals surface area contributed by atoms with Gasteiger partial charge in [0.05, 0.1) is 12.0 Å². The SMILES string of the molecule is Cc1ccc(Cl)cc1-n1cncc1C1(C)CCNCC1. The molecular weight excluding hydrogens is 270 g/mol. The van der Waals surface area contributed by atoms with Gasteiger partial charge in [0.25, 0.3) is 0 Å². The van der Waals surface area contributed by atoms with E-state index in [0.29, 0.717) is 0 Å². The Bertz CT molecular complexity index is 612. The number of piperidine rings is 1. The highest BCUT2D eigenvalue weighted by Crippen LogP contribution is 2.34. The van der Waals surface area contributed by atoms with Crippen LogP contribution >= 0.6 is 11.6 Å². The Kier molecular flexibility index (Phi) is 3.57. The Morgan fingerprint density at radius 2 is 2.05 bits per heavy atom. The Morgan fingerprint density at radius 1 is 1.30 bits per heavy atom. The third-order valence-corrected chi connectivity index (χ3v) is 4.63. The van der Waals surface area contributed by atoms with Gasteiger partial charge in [-0.05, 0) is 50.6 Å². The van der Waals surface area contributed by atoms with E-state index >= 15 is 0 Å². The normalized spacial score (nSPS) is 18.1. The lowest BCUT2D eigenvalue weighted by Gasteiger charge is -2.34. The average Bonchev–Trinajstić information content (AvgIpc) is 2.92. The Labute approximate surface area is 125 Å². The molecule has 1 aliphatic rings. The Balaban J connectivity index is 2.08. The second-order valence-electron chi connectivity index (χ2n) is 5.89. The van der Waals surface area contributed by atoms with Gasteiger partial charge in [-0.3, -0.25) is 0 Å². The predicted octanol–water partition coefficient (Wildman–Crippen LogP) is 3.48. The molecule has 3 rings (SSSR count). The maximum atomic E-state index is 6.16. The molecule has 0 bridgehead atoms. The molecule has 4 heteroatoms. The van der Waals surface area contributed by atoms with Crippen LogP contribution in [0.1, 0.15) is 31.0 Å². The highest BCUT2D eigenvalue weighted by Gasteiger charge is 2.32. The lowest BCUT2D eigenvalue weighted by atomic mass is 9.78. The van der Waals surface area contributed by atoms with Crippen molar-refractivity contribution in [1.82, 2.24) is 14.9 Å². The van der Waals surface area contributed by atoms with Gasteiger partial charge in [0.2, 0.25) is 0 Å². The lowest BCUT2D eigenvalue weighted by molar-refractivity contribution is 0.324. The first-order valence-electron chi connectivity index (χ1n) is 7.10. The van der Waals surface area contributed by atoms with Gasteiger partial charge in [-0.25, -0.2) is 4.98 Å². The number of hydrogen-bond donors (Lipinski definition) is 1.